The molecular weight excluding hydrogens is 240 g/mol. The van der Waals surface area contributed by atoms with Crippen LogP contribution in [0.25, 0.3) is 0 Å². The van der Waals surface area contributed by atoms with Crippen LogP contribution in [0.1, 0.15) is 31.2 Å². The van der Waals surface area contributed by atoms with Gasteiger partial charge in [0.05, 0.1) is 13.7 Å². The maximum atomic E-state index is 9.24. The fourth-order valence-electron chi connectivity index (χ4n) is 2.92. The molecule has 0 amide bonds. The van der Waals surface area contributed by atoms with Crippen LogP contribution in [0.2, 0.25) is 0 Å². The van der Waals surface area contributed by atoms with Crippen molar-refractivity contribution >= 4 is 5.69 Å². The van der Waals surface area contributed by atoms with Crippen molar-refractivity contribution in [1.29, 1.82) is 0 Å². The van der Waals surface area contributed by atoms with Crippen LogP contribution in [0.5, 0.6) is 5.75 Å². The summed E-state index contributed by atoms with van der Waals surface area (Å²) in [5.41, 5.74) is 7.77. The molecule has 2 rings (SSSR count). The zero-order chi connectivity index (χ0) is 13.7. The lowest BCUT2D eigenvalue weighted by Gasteiger charge is -2.28. The predicted molar refractivity (Wildman–Crippen MR) is 77.2 cm³/mol. The molecule has 1 saturated carbocycles. The van der Waals surface area contributed by atoms with E-state index in [2.05, 4.69) is 4.90 Å². The average molecular weight is 264 g/mol. The monoisotopic (exact) mass is 264 g/mol. The highest BCUT2D eigenvalue weighted by Gasteiger charge is 2.22. The summed E-state index contributed by atoms with van der Waals surface area (Å²) in [5, 5.41) is 9.24. The van der Waals surface area contributed by atoms with Crippen LogP contribution >= 0.6 is 0 Å². The fraction of sp³-hybridized carbons (Fsp3) is 0.600. The first-order chi connectivity index (χ1) is 9.22. The average Bonchev–Trinajstić information content (AvgIpc) is 2.91. The molecule has 19 heavy (non-hydrogen) atoms. The molecule has 0 spiro atoms. The molecule has 0 bridgehead atoms. The van der Waals surface area contributed by atoms with Gasteiger partial charge in [-0.05, 0) is 30.5 Å². The van der Waals surface area contributed by atoms with Gasteiger partial charge in [0.1, 0.15) is 5.75 Å². The number of nitrogen functional groups attached to an aromatic ring is 1. The Kier molecular flexibility index (Phi) is 5.05. The number of hydrogen-bond acceptors (Lipinski definition) is 4. The third-order valence-electron chi connectivity index (χ3n) is 3.84. The van der Waals surface area contributed by atoms with Crippen molar-refractivity contribution in [3.63, 3.8) is 0 Å². The smallest absolute Gasteiger partial charge is 0.121 e. The first kappa shape index (κ1) is 14.2. The number of hydrogen-bond donors (Lipinski definition) is 2. The maximum Gasteiger partial charge on any atom is 0.121 e. The Hall–Kier alpha value is -1.26. The Bertz CT molecular complexity index is 403. The van der Waals surface area contributed by atoms with E-state index in [1.165, 1.54) is 25.7 Å². The second-order valence-corrected chi connectivity index (χ2v) is 5.25. The number of aliphatic hydroxyl groups is 1. The lowest BCUT2D eigenvalue weighted by atomic mass is 10.1. The lowest BCUT2D eigenvalue weighted by molar-refractivity contribution is 0.144. The summed E-state index contributed by atoms with van der Waals surface area (Å²) >= 11 is 0. The Morgan fingerprint density at radius 1 is 1.32 bits per heavy atom. The third-order valence-corrected chi connectivity index (χ3v) is 3.84. The Morgan fingerprint density at radius 3 is 2.68 bits per heavy atom. The van der Waals surface area contributed by atoms with Gasteiger partial charge in [-0.2, -0.15) is 0 Å². The van der Waals surface area contributed by atoms with Crippen molar-refractivity contribution in [2.24, 2.45) is 0 Å². The summed E-state index contributed by atoms with van der Waals surface area (Å²) in [5.74, 6) is 0.797. The molecule has 106 valence electrons. The highest BCUT2D eigenvalue weighted by atomic mass is 16.5. The van der Waals surface area contributed by atoms with E-state index in [0.717, 1.165) is 30.1 Å². The molecule has 0 atom stereocenters. The molecule has 0 aromatic heterocycles. The minimum atomic E-state index is 0.204. The summed E-state index contributed by atoms with van der Waals surface area (Å²) < 4.78 is 5.25. The van der Waals surface area contributed by atoms with Gasteiger partial charge in [-0.15, -0.1) is 0 Å². The van der Waals surface area contributed by atoms with Crippen molar-refractivity contribution in [2.75, 3.05) is 26.0 Å². The maximum absolute atomic E-state index is 9.24. The number of methoxy groups -OCH3 is 1. The molecule has 0 radical (unpaired) electrons. The number of benzene rings is 1. The van der Waals surface area contributed by atoms with Gasteiger partial charge in [0, 0.05) is 30.9 Å². The van der Waals surface area contributed by atoms with Gasteiger partial charge in [-0.1, -0.05) is 12.8 Å². The fourth-order valence-corrected chi connectivity index (χ4v) is 2.92. The minimum absolute atomic E-state index is 0.204. The Balaban J connectivity index is 2.09. The van der Waals surface area contributed by atoms with Crippen LogP contribution in [-0.4, -0.2) is 36.3 Å². The van der Waals surface area contributed by atoms with Crippen LogP contribution in [-0.2, 0) is 6.54 Å². The SMILES string of the molecule is COc1cc(N)cc(CN(CCO)C2CCCC2)c1. The van der Waals surface area contributed by atoms with Gasteiger partial charge in [0.15, 0.2) is 0 Å². The molecule has 0 saturated heterocycles. The minimum Gasteiger partial charge on any atom is -0.497 e. The van der Waals surface area contributed by atoms with Crippen molar-refractivity contribution in [1.82, 2.24) is 4.90 Å². The summed E-state index contributed by atoms with van der Waals surface area (Å²) in [7, 11) is 1.65. The van der Waals surface area contributed by atoms with Gasteiger partial charge in [-0.25, -0.2) is 0 Å². The Labute approximate surface area is 115 Å². The van der Waals surface area contributed by atoms with Gasteiger partial charge < -0.3 is 15.6 Å². The largest absolute Gasteiger partial charge is 0.497 e. The first-order valence-corrected chi connectivity index (χ1v) is 7.01. The molecule has 4 nitrogen and oxygen atoms in total. The molecule has 4 heteroatoms. The molecular formula is C15H24N2O2. The van der Waals surface area contributed by atoms with E-state index >= 15 is 0 Å². The normalized spacial score (nSPS) is 16.2. The van der Waals surface area contributed by atoms with E-state index in [0.29, 0.717) is 6.04 Å². The molecule has 1 aliphatic carbocycles. The predicted octanol–water partition coefficient (Wildman–Crippen LogP) is 2.01. The molecule has 1 aromatic carbocycles. The van der Waals surface area contributed by atoms with Gasteiger partial charge in [-0.3, -0.25) is 4.90 Å². The van der Waals surface area contributed by atoms with E-state index in [4.69, 9.17) is 10.5 Å². The van der Waals surface area contributed by atoms with Crippen LogP contribution in [0, 0.1) is 0 Å². The van der Waals surface area contributed by atoms with E-state index < -0.39 is 0 Å². The number of ether oxygens (including phenoxy) is 1. The number of aliphatic hydroxyl groups excluding tert-OH is 1. The van der Waals surface area contributed by atoms with E-state index in [9.17, 15) is 5.11 Å². The van der Waals surface area contributed by atoms with Crippen LogP contribution < -0.4 is 10.5 Å². The zero-order valence-electron chi connectivity index (χ0n) is 11.6. The molecule has 0 aliphatic heterocycles. The number of nitrogens with zero attached hydrogens (tertiary/aromatic N) is 1. The second-order valence-electron chi connectivity index (χ2n) is 5.25. The number of rotatable bonds is 6. The van der Waals surface area contributed by atoms with Crippen LogP contribution in [0.4, 0.5) is 5.69 Å². The first-order valence-electron chi connectivity index (χ1n) is 7.01. The van der Waals surface area contributed by atoms with Crippen molar-refractivity contribution in [2.45, 2.75) is 38.3 Å². The molecule has 3 N–H and O–H groups in total. The molecule has 1 fully saturated rings. The van der Waals surface area contributed by atoms with E-state index in [1.54, 1.807) is 7.11 Å². The lowest BCUT2D eigenvalue weighted by Crippen LogP contribution is -2.35. The highest BCUT2D eigenvalue weighted by Crippen LogP contribution is 2.26. The van der Waals surface area contributed by atoms with Crippen LogP contribution in [0.15, 0.2) is 18.2 Å². The topological polar surface area (TPSA) is 58.7 Å². The summed E-state index contributed by atoms with van der Waals surface area (Å²) in [6.45, 7) is 1.75. The zero-order valence-corrected chi connectivity index (χ0v) is 11.6. The quantitative estimate of drug-likeness (QED) is 0.772. The summed E-state index contributed by atoms with van der Waals surface area (Å²) in [6.07, 6.45) is 5.07. The van der Waals surface area contributed by atoms with E-state index in [-0.39, 0.29) is 6.61 Å². The number of anilines is 1. The van der Waals surface area contributed by atoms with Crippen molar-refractivity contribution < 1.29 is 9.84 Å². The molecule has 1 aliphatic rings. The summed E-state index contributed by atoms with van der Waals surface area (Å²) in [4.78, 5) is 2.36. The summed E-state index contributed by atoms with van der Waals surface area (Å²) in [6, 6.07) is 6.44. The highest BCUT2D eigenvalue weighted by molar-refractivity contribution is 5.47. The van der Waals surface area contributed by atoms with Gasteiger partial charge in [0.2, 0.25) is 0 Å². The van der Waals surface area contributed by atoms with Crippen LogP contribution in [0.3, 0.4) is 0 Å². The molecule has 0 unspecified atom stereocenters. The number of nitrogens with two attached hydrogens (primary N) is 1. The standard InChI is InChI=1S/C15H24N2O2/c1-19-15-9-12(8-13(16)10-15)11-17(6-7-18)14-4-2-3-5-14/h8-10,14,18H,2-7,11,16H2,1H3. The van der Waals surface area contributed by atoms with Crippen molar-refractivity contribution in [3.8, 4) is 5.75 Å². The molecule has 0 heterocycles. The third kappa shape index (κ3) is 3.85. The Morgan fingerprint density at radius 2 is 2.05 bits per heavy atom. The van der Waals surface area contributed by atoms with Gasteiger partial charge in [0.25, 0.3) is 0 Å². The molecule has 1 aromatic rings. The van der Waals surface area contributed by atoms with Crippen molar-refractivity contribution in [3.05, 3.63) is 23.8 Å². The van der Waals surface area contributed by atoms with Gasteiger partial charge >= 0.3 is 0 Å². The second kappa shape index (κ2) is 6.78. The van der Waals surface area contributed by atoms with E-state index in [1.807, 2.05) is 18.2 Å².